The van der Waals surface area contributed by atoms with Crippen LogP contribution in [0.2, 0.25) is 0 Å². The lowest BCUT2D eigenvalue weighted by molar-refractivity contribution is -0.145. The number of rotatable bonds is 4. The van der Waals surface area contributed by atoms with Crippen LogP contribution in [0.5, 0.6) is 0 Å². The Kier molecular flexibility index (Phi) is 4.45. The van der Waals surface area contributed by atoms with E-state index in [9.17, 15) is 0 Å². The lowest BCUT2D eigenvalue weighted by Gasteiger charge is -2.33. The van der Waals surface area contributed by atoms with Gasteiger partial charge in [-0.1, -0.05) is 13.8 Å². The van der Waals surface area contributed by atoms with Crippen LogP contribution in [0, 0.1) is 11.8 Å². The fourth-order valence-corrected chi connectivity index (χ4v) is 2.94. The second-order valence-corrected chi connectivity index (χ2v) is 6.00. The molecule has 3 heteroatoms. The van der Waals surface area contributed by atoms with Crippen molar-refractivity contribution in [1.82, 2.24) is 5.32 Å². The van der Waals surface area contributed by atoms with Crippen LogP contribution in [0.25, 0.3) is 0 Å². The van der Waals surface area contributed by atoms with Gasteiger partial charge >= 0.3 is 0 Å². The molecule has 2 fully saturated rings. The van der Waals surface area contributed by atoms with Gasteiger partial charge in [-0.15, -0.1) is 0 Å². The monoisotopic (exact) mass is 241 g/mol. The fourth-order valence-electron chi connectivity index (χ4n) is 2.94. The molecule has 3 atom stereocenters. The third kappa shape index (κ3) is 3.67. The van der Waals surface area contributed by atoms with Crippen LogP contribution in [0.4, 0.5) is 0 Å². The van der Waals surface area contributed by atoms with E-state index in [2.05, 4.69) is 19.2 Å². The SMILES string of the molecule is C[C@@H]1CC[C@H](NCCC2(C)OCCO2)C[C@@H]1C. The van der Waals surface area contributed by atoms with Gasteiger partial charge in [-0.05, 0) is 38.0 Å². The Labute approximate surface area is 105 Å². The van der Waals surface area contributed by atoms with Crippen molar-refractivity contribution in [3.8, 4) is 0 Å². The number of hydrogen-bond acceptors (Lipinski definition) is 3. The van der Waals surface area contributed by atoms with E-state index in [0.717, 1.165) is 38.0 Å². The maximum Gasteiger partial charge on any atom is 0.166 e. The standard InChI is InChI=1S/C14H27NO2/c1-11-4-5-13(10-12(11)2)15-7-6-14(3)16-8-9-17-14/h11-13,15H,4-10H2,1-3H3/t11-,12+,13+/m1/s1. The average molecular weight is 241 g/mol. The molecule has 1 saturated carbocycles. The average Bonchev–Trinajstić information content (AvgIpc) is 2.71. The van der Waals surface area contributed by atoms with Gasteiger partial charge in [-0.25, -0.2) is 0 Å². The van der Waals surface area contributed by atoms with Crippen LogP contribution in [-0.2, 0) is 9.47 Å². The van der Waals surface area contributed by atoms with E-state index in [-0.39, 0.29) is 5.79 Å². The van der Waals surface area contributed by atoms with Crippen LogP contribution >= 0.6 is 0 Å². The van der Waals surface area contributed by atoms with Gasteiger partial charge in [0.1, 0.15) is 0 Å². The molecule has 2 aliphatic rings. The van der Waals surface area contributed by atoms with Crippen LogP contribution < -0.4 is 5.32 Å². The molecule has 17 heavy (non-hydrogen) atoms. The van der Waals surface area contributed by atoms with Crippen LogP contribution in [0.15, 0.2) is 0 Å². The maximum atomic E-state index is 5.61. The molecule has 0 amide bonds. The van der Waals surface area contributed by atoms with Crippen LogP contribution in [0.3, 0.4) is 0 Å². The zero-order valence-corrected chi connectivity index (χ0v) is 11.5. The lowest BCUT2D eigenvalue weighted by Crippen LogP contribution is -2.39. The van der Waals surface area contributed by atoms with Crippen molar-refractivity contribution in [3.05, 3.63) is 0 Å². The van der Waals surface area contributed by atoms with Crippen molar-refractivity contribution < 1.29 is 9.47 Å². The molecule has 0 radical (unpaired) electrons. The Morgan fingerprint density at radius 3 is 2.47 bits per heavy atom. The molecule has 0 unspecified atom stereocenters. The predicted octanol–water partition coefficient (Wildman–Crippen LogP) is 2.55. The Balaban J connectivity index is 1.65. The van der Waals surface area contributed by atoms with E-state index >= 15 is 0 Å². The largest absolute Gasteiger partial charge is 0.348 e. The van der Waals surface area contributed by atoms with Gasteiger partial charge in [-0.3, -0.25) is 0 Å². The summed E-state index contributed by atoms with van der Waals surface area (Å²) in [5.74, 6) is 1.42. The van der Waals surface area contributed by atoms with E-state index in [1.54, 1.807) is 0 Å². The number of ether oxygens (including phenoxy) is 2. The molecule has 1 aliphatic heterocycles. The fraction of sp³-hybridized carbons (Fsp3) is 1.00. The van der Waals surface area contributed by atoms with E-state index < -0.39 is 0 Å². The summed E-state index contributed by atoms with van der Waals surface area (Å²) in [4.78, 5) is 0. The van der Waals surface area contributed by atoms with Crippen molar-refractivity contribution in [2.45, 2.75) is 58.3 Å². The minimum atomic E-state index is -0.333. The second-order valence-electron chi connectivity index (χ2n) is 6.00. The summed E-state index contributed by atoms with van der Waals surface area (Å²) >= 11 is 0. The summed E-state index contributed by atoms with van der Waals surface area (Å²) in [6, 6.07) is 0.700. The Bertz CT molecular complexity index is 238. The highest BCUT2D eigenvalue weighted by molar-refractivity contribution is 4.80. The highest BCUT2D eigenvalue weighted by atomic mass is 16.7. The van der Waals surface area contributed by atoms with Crippen LogP contribution in [-0.4, -0.2) is 31.6 Å². The van der Waals surface area contributed by atoms with Crippen molar-refractivity contribution in [3.63, 3.8) is 0 Å². The van der Waals surface area contributed by atoms with Crippen molar-refractivity contribution in [2.75, 3.05) is 19.8 Å². The lowest BCUT2D eigenvalue weighted by atomic mass is 9.79. The topological polar surface area (TPSA) is 30.5 Å². The Morgan fingerprint density at radius 2 is 1.82 bits per heavy atom. The van der Waals surface area contributed by atoms with Gasteiger partial charge in [-0.2, -0.15) is 0 Å². The first-order valence-corrected chi connectivity index (χ1v) is 7.10. The first-order valence-electron chi connectivity index (χ1n) is 7.10. The molecule has 3 nitrogen and oxygen atoms in total. The molecule has 0 aromatic rings. The molecule has 1 heterocycles. The van der Waals surface area contributed by atoms with E-state index in [1.165, 1.54) is 19.3 Å². The number of hydrogen-bond donors (Lipinski definition) is 1. The highest BCUT2D eigenvalue weighted by Crippen LogP contribution is 2.29. The van der Waals surface area contributed by atoms with Crippen molar-refractivity contribution in [2.24, 2.45) is 11.8 Å². The van der Waals surface area contributed by atoms with Gasteiger partial charge in [0.15, 0.2) is 5.79 Å². The normalized spacial score (nSPS) is 37.2. The third-order valence-electron chi connectivity index (χ3n) is 4.51. The highest BCUT2D eigenvalue weighted by Gasteiger charge is 2.31. The predicted molar refractivity (Wildman–Crippen MR) is 68.9 cm³/mol. The minimum absolute atomic E-state index is 0.333. The smallest absolute Gasteiger partial charge is 0.166 e. The summed E-state index contributed by atoms with van der Waals surface area (Å²) in [6.07, 6.45) is 4.96. The zero-order valence-electron chi connectivity index (χ0n) is 11.5. The van der Waals surface area contributed by atoms with Gasteiger partial charge in [0.05, 0.1) is 13.2 Å². The van der Waals surface area contributed by atoms with Gasteiger partial charge < -0.3 is 14.8 Å². The maximum absolute atomic E-state index is 5.61. The van der Waals surface area contributed by atoms with Crippen LogP contribution in [0.1, 0.15) is 46.5 Å². The molecule has 0 spiro atoms. The summed E-state index contributed by atoms with van der Waals surface area (Å²) in [5.41, 5.74) is 0. The van der Waals surface area contributed by atoms with Gasteiger partial charge in [0, 0.05) is 19.0 Å². The first kappa shape index (κ1) is 13.3. The van der Waals surface area contributed by atoms with Crippen molar-refractivity contribution >= 4 is 0 Å². The quantitative estimate of drug-likeness (QED) is 0.820. The molecule has 0 bridgehead atoms. The zero-order chi connectivity index (χ0) is 12.3. The summed E-state index contributed by atoms with van der Waals surface area (Å²) in [7, 11) is 0. The first-order chi connectivity index (χ1) is 8.09. The van der Waals surface area contributed by atoms with Gasteiger partial charge in [0.25, 0.3) is 0 Å². The molecule has 2 rings (SSSR count). The second kappa shape index (κ2) is 5.68. The number of nitrogens with one attached hydrogen (secondary N) is 1. The van der Waals surface area contributed by atoms with Gasteiger partial charge in [0.2, 0.25) is 0 Å². The third-order valence-corrected chi connectivity index (χ3v) is 4.51. The summed E-state index contributed by atoms with van der Waals surface area (Å²) in [5, 5.41) is 3.66. The molecule has 0 aromatic heterocycles. The molecular formula is C14H27NO2. The summed E-state index contributed by atoms with van der Waals surface area (Å²) in [6.45, 7) is 9.30. The molecule has 1 saturated heterocycles. The molecule has 1 N–H and O–H groups in total. The van der Waals surface area contributed by atoms with E-state index in [0.29, 0.717) is 6.04 Å². The molecule has 100 valence electrons. The molecule has 0 aromatic carbocycles. The molecule has 1 aliphatic carbocycles. The van der Waals surface area contributed by atoms with E-state index in [4.69, 9.17) is 9.47 Å². The van der Waals surface area contributed by atoms with Crippen molar-refractivity contribution in [1.29, 1.82) is 0 Å². The molecular weight excluding hydrogens is 214 g/mol. The Morgan fingerprint density at radius 1 is 1.12 bits per heavy atom. The summed E-state index contributed by atoms with van der Waals surface area (Å²) < 4.78 is 11.2. The Hall–Kier alpha value is -0.120. The van der Waals surface area contributed by atoms with E-state index in [1.807, 2.05) is 6.92 Å². The minimum Gasteiger partial charge on any atom is -0.348 e.